The second kappa shape index (κ2) is 5.24. The van der Waals surface area contributed by atoms with Gasteiger partial charge in [-0.05, 0) is 24.3 Å². The highest BCUT2D eigenvalue weighted by Crippen LogP contribution is 2.23. The molecule has 3 heteroatoms. The maximum Gasteiger partial charge on any atom is 0.343 e. The largest absolute Gasteiger partial charge is 0.423 e. The van der Waals surface area contributed by atoms with Gasteiger partial charge >= 0.3 is 5.97 Å². The van der Waals surface area contributed by atoms with Crippen molar-refractivity contribution < 1.29 is 9.53 Å². The van der Waals surface area contributed by atoms with Gasteiger partial charge in [0.2, 0.25) is 0 Å². The van der Waals surface area contributed by atoms with Crippen molar-refractivity contribution in [2.24, 2.45) is 0 Å². The highest BCUT2D eigenvalue weighted by atomic mass is 16.5. The number of ether oxygens (including phenoxy) is 1. The molecule has 0 amide bonds. The highest BCUT2D eigenvalue weighted by Gasteiger charge is 2.14. The molecular weight excluding hydrogens is 238 g/mol. The highest BCUT2D eigenvalue weighted by molar-refractivity contribution is 5.91. The van der Waals surface area contributed by atoms with E-state index >= 15 is 0 Å². The Labute approximate surface area is 113 Å². The Bertz CT molecular complexity index is 571. The maximum absolute atomic E-state index is 11.9. The van der Waals surface area contributed by atoms with E-state index in [-0.39, 0.29) is 5.97 Å². The lowest BCUT2D eigenvalue weighted by Crippen LogP contribution is -2.34. The van der Waals surface area contributed by atoms with Gasteiger partial charge in [0.25, 0.3) is 0 Å². The lowest BCUT2D eigenvalue weighted by atomic mass is 10.2. The van der Waals surface area contributed by atoms with Crippen molar-refractivity contribution in [1.29, 1.82) is 0 Å². The molecule has 2 aromatic rings. The monoisotopic (exact) mass is 256 g/mol. The Kier molecular flexibility index (Phi) is 3.67. The number of rotatable bonds is 3. The van der Waals surface area contributed by atoms with E-state index in [0.717, 1.165) is 5.69 Å². The zero-order valence-corrected chi connectivity index (χ0v) is 11.5. The molecule has 0 atom stereocenters. The van der Waals surface area contributed by atoms with Crippen LogP contribution in [0.3, 0.4) is 0 Å². The number of benzene rings is 2. The molecule has 0 radical (unpaired) electrons. The smallest absolute Gasteiger partial charge is 0.343 e. The van der Waals surface area contributed by atoms with Crippen LogP contribution in [-0.2, 0) is 0 Å². The van der Waals surface area contributed by atoms with Crippen LogP contribution in [0.1, 0.15) is 10.4 Å². The van der Waals surface area contributed by atoms with Crippen LogP contribution in [-0.4, -0.2) is 27.1 Å². The molecule has 2 rings (SSSR count). The standard InChI is InChI=1S/C16H18NO2/c1-17(2,3)14-10-7-11-15(12-14)19-16(18)13-8-5-4-6-9-13/h4-12H,1-3H3/q+1. The summed E-state index contributed by atoms with van der Waals surface area (Å²) in [6, 6.07) is 16.6. The molecule has 0 saturated carbocycles. The molecule has 0 heterocycles. The van der Waals surface area contributed by atoms with Gasteiger partial charge in [-0.3, -0.25) is 4.48 Å². The molecule has 19 heavy (non-hydrogen) atoms. The molecule has 0 aliphatic rings. The second-order valence-corrected chi connectivity index (χ2v) is 5.27. The summed E-state index contributed by atoms with van der Waals surface area (Å²) >= 11 is 0. The van der Waals surface area contributed by atoms with Gasteiger partial charge in [-0.1, -0.05) is 24.3 Å². The van der Waals surface area contributed by atoms with Crippen LogP contribution in [0.2, 0.25) is 0 Å². The average Bonchev–Trinajstić information content (AvgIpc) is 2.39. The molecule has 98 valence electrons. The van der Waals surface area contributed by atoms with E-state index in [1.807, 2.05) is 36.4 Å². The Balaban J connectivity index is 2.18. The van der Waals surface area contributed by atoms with Crippen LogP contribution in [0.25, 0.3) is 0 Å². The number of esters is 1. The number of carbonyl (C=O) groups excluding carboxylic acids is 1. The first-order valence-corrected chi connectivity index (χ1v) is 6.16. The summed E-state index contributed by atoms with van der Waals surface area (Å²) in [4.78, 5) is 11.9. The summed E-state index contributed by atoms with van der Waals surface area (Å²) in [5.74, 6) is 0.235. The van der Waals surface area contributed by atoms with Gasteiger partial charge in [0, 0.05) is 6.07 Å². The van der Waals surface area contributed by atoms with Crippen molar-refractivity contribution in [3.8, 4) is 5.75 Å². The Morgan fingerprint density at radius 2 is 1.63 bits per heavy atom. The molecule has 2 aromatic carbocycles. The fourth-order valence-electron chi connectivity index (χ4n) is 1.70. The van der Waals surface area contributed by atoms with Gasteiger partial charge in [-0.2, -0.15) is 0 Å². The molecule has 0 saturated heterocycles. The molecule has 0 aliphatic heterocycles. The molecule has 0 bridgehead atoms. The second-order valence-electron chi connectivity index (χ2n) is 5.27. The van der Waals surface area contributed by atoms with Gasteiger partial charge in [-0.15, -0.1) is 0 Å². The van der Waals surface area contributed by atoms with Gasteiger partial charge in [0.15, 0.2) is 0 Å². The van der Waals surface area contributed by atoms with E-state index in [9.17, 15) is 4.79 Å². The summed E-state index contributed by atoms with van der Waals surface area (Å²) in [7, 11) is 6.20. The molecule has 3 nitrogen and oxygen atoms in total. The lowest BCUT2D eigenvalue weighted by molar-refractivity contribution is 0.0734. The van der Waals surface area contributed by atoms with Crippen molar-refractivity contribution in [3.63, 3.8) is 0 Å². The van der Waals surface area contributed by atoms with Gasteiger partial charge in [0.1, 0.15) is 11.4 Å². The van der Waals surface area contributed by atoms with E-state index in [0.29, 0.717) is 15.8 Å². The lowest BCUT2D eigenvalue weighted by Gasteiger charge is -2.23. The fourth-order valence-corrected chi connectivity index (χ4v) is 1.70. The van der Waals surface area contributed by atoms with Crippen LogP contribution in [0, 0.1) is 0 Å². The van der Waals surface area contributed by atoms with Crippen molar-refractivity contribution in [1.82, 2.24) is 4.48 Å². The fraction of sp³-hybridized carbons (Fsp3) is 0.188. The number of hydrogen-bond donors (Lipinski definition) is 0. The minimum Gasteiger partial charge on any atom is -0.423 e. The van der Waals surface area contributed by atoms with Gasteiger partial charge in [-0.25, -0.2) is 4.79 Å². The molecule has 0 fully saturated rings. The first-order valence-electron chi connectivity index (χ1n) is 6.16. The maximum atomic E-state index is 11.9. The van der Waals surface area contributed by atoms with E-state index in [1.54, 1.807) is 18.2 Å². The average molecular weight is 256 g/mol. The summed E-state index contributed by atoms with van der Waals surface area (Å²) < 4.78 is 6.06. The van der Waals surface area contributed by atoms with Crippen LogP contribution >= 0.6 is 0 Å². The molecule has 0 aromatic heterocycles. The minimum atomic E-state index is -0.334. The molecule has 0 spiro atoms. The summed E-state index contributed by atoms with van der Waals surface area (Å²) in [5.41, 5.74) is 1.64. The number of nitrogens with zero attached hydrogens (tertiary/aromatic N) is 1. The van der Waals surface area contributed by atoms with Crippen LogP contribution in [0.5, 0.6) is 5.75 Å². The third kappa shape index (κ3) is 3.42. The van der Waals surface area contributed by atoms with Crippen LogP contribution in [0.4, 0.5) is 5.69 Å². The van der Waals surface area contributed by atoms with Crippen molar-refractivity contribution >= 4 is 11.7 Å². The number of carbonyl (C=O) groups is 1. The normalized spacial score (nSPS) is 11.1. The number of quaternary nitrogens is 1. The summed E-state index contributed by atoms with van der Waals surface area (Å²) in [6.45, 7) is 0. The van der Waals surface area contributed by atoms with Gasteiger partial charge < -0.3 is 4.74 Å². The molecule has 0 N–H and O–H groups in total. The Morgan fingerprint density at radius 3 is 2.26 bits per heavy atom. The van der Waals surface area contributed by atoms with Crippen LogP contribution < -0.4 is 9.22 Å². The third-order valence-corrected chi connectivity index (χ3v) is 2.81. The minimum absolute atomic E-state index is 0.334. The predicted molar refractivity (Wildman–Crippen MR) is 77.4 cm³/mol. The third-order valence-electron chi connectivity index (χ3n) is 2.81. The van der Waals surface area contributed by atoms with Crippen molar-refractivity contribution in [2.45, 2.75) is 0 Å². The zero-order valence-electron chi connectivity index (χ0n) is 11.5. The molecular formula is C16H18NO2+. The van der Waals surface area contributed by atoms with E-state index in [2.05, 4.69) is 21.1 Å². The SMILES string of the molecule is C[N+](C)(C)c1cccc(OC(=O)c2ccccc2)c1. The van der Waals surface area contributed by atoms with Gasteiger partial charge in [0.05, 0.1) is 26.7 Å². The topological polar surface area (TPSA) is 26.3 Å². The van der Waals surface area contributed by atoms with Crippen molar-refractivity contribution in [2.75, 3.05) is 21.1 Å². The molecule has 0 unspecified atom stereocenters. The first kappa shape index (κ1) is 13.3. The van der Waals surface area contributed by atoms with E-state index in [4.69, 9.17) is 4.74 Å². The predicted octanol–water partition coefficient (Wildman–Crippen LogP) is 3.10. The van der Waals surface area contributed by atoms with Crippen LogP contribution in [0.15, 0.2) is 54.6 Å². The summed E-state index contributed by atoms with van der Waals surface area (Å²) in [6.07, 6.45) is 0. The summed E-state index contributed by atoms with van der Waals surface area (Å²) in [5, 5.41) is 0. The molecule has 0 aliphatic carbocycles. The number of hydrogen-bond acceptors (Lipinski definition) is 2. The van der Waals surface area contributed by atoms with E-state index in [1.165, 1.54) is 0 Å². The first-order chi connectivity index (χ1) is 8.97. The quantitative estimate of drug-likeness (QED) is 0.479. The van der Waals surface area contributed by atoms with Crippen molar-refractivity contribution in [3.05, 3.63) is 60.2 Å². The Hall–Kier alpha value is -2.13. The Morgan fingerprint density at radius 1 is 0.947 bits per heavy atom. The van der Waals surface area contributed by atoms with E-state index < -0.39 is 0 Å². The zero-order chi connectivity index (χ0) is 13.9.